The van der Waals surface area contributed by atoms with Crippen LogP contribution in [0.1, 0.15) is 39.0 Å². The van der Waals surface area contributed by atoms with Crippen molar-refractivity contribution in [2.24, 2.45) is 5.41 Å². The Hall–Kier alpha value is -0.120. The Morgan fingerprint density at radius 3 is 2.62 bits per heavy atom. The van der Waals surface area contributed by atoms with Crippen LogP contribution in [-0.4, -0.2) is 39.0 Å². The molecule has 2 heterocycles. The molecule has 0 aromatic carbocycles. The predicted molar refractivity (Wildman–Crippen MR) is 64.6 cm³/mol. The first-order valence-electron chi connectivity index (χ1n) is 6.67. The molecule has 2 aliphatic rings. The van der Waals surface area contributed by atoms with Crippen LogP contribution in [0, 0.1) is 5.41 Å². The molecule has 1 atom stereocenters. The van der Waals surface area contributed by atoms with Gasteiger partial charge in [-0.05, 0) is 37.5 Å². The molecule has 3 heteroatoms. The van der Waals surface area contributed by atoms with E-state index in [4.69, 9.17) is 9.47 Å². The number of hydrogen-bond donors (Lipinski definition) is 1. The number of hydrogen-bond acceptors (Lipinski definition) is 3. The minimum atomic E-state index is 0.450. The van der Waals surface area contributed by atoms with Crippen molar-refractivity contribution in [3.63, 3.8) is 0 Å². The van der Waals surface area contributed by atoms with E-state index in [0.29, 0.717) is 11.5 Å². The van der Waals surface area contributed by atoms with Gasteiger partial charge in [-0.1, -0.05) is 6.92 Å². The van der Waals surface area contributed by atoms with Gasteiger partial charge in [0.15, 0.2) is 0 Å². The summed E-state index contributed by atoms with van der Waals surface area (Å²) < 4.78 is 10.9. The number of nitrogens with one attached hydrogen (secondary N) is 1. The predicted octanol–water partition coefficient (Wildman–Crippen LogP) is 1.96. The van der Waals surface area contributed by atoms with E-state index in [9.17, 15) is 0 Å². The Morgan fingerprint density at radius 2 is 1.81 bits per heavy atom. The first-order valence-corrected chi connectivity index (χ1v) is 6.67. The van der Waals surface area contributed by atoms with Crippen molar-refractivity contribution in [2.75, 3.05) is 33.0 Å². The topological polar surface area (TPSA) is 30.5 Å². The standard InChI is InChI=1S/C13H25NO2/c1-13(5-9-16-10-6-13)11-14-12-3-2-7-15-8-4-12/h12,14H,2-11H2,1H3. The van der Waals surface area contributed by atoms with E-state index in [1.807, 2.05) is 0 Å². The van der Waals surface area contributed by atoms with E-state index in [1.54, 1.807) is 0 Å². The van der Waals surface area contributed by atoms with Gasteiger partial charge in [0.1, 0.15) is 0 Å². The van der Waals surface area contributed by atoms with Crippen molar-refractivity contribution in [1.29, 1.82) is 0 Å². The second-order valence-electron chi connectivity index (χ2n) is 5.54. The van der Waals surface area contributed by atoms with Crippen LogP contribution < -0.4 is 5.32 Å². The lowest BCUT2D eigenvalue weighted by molar-refractivity contribution is 0.0225. The van der Waals surface area contributed by atoms with E-state index in [2.05, 4.69) is 12.2 Å². The molecule has 2 fully saturated rings. The third-order valence-electron chi connectivity index (χ3n) is 3.97. The van der Waals surface area contributed by atoms with E-state index in [-0.39, 0.29) is 0 Å². The molecule has 0 radical (unpaired) electrons. The Bertz CT molecular complexity index is 194. The van der Waals surface area contributed by atoms with Crippen LogP contribution in [0.4, 0.5) is 0 Å². The van der Waals surface area contributed by atoms with Gasteiger partial charge in [-0.2, -0.15) is 0 Å². The van der Waals surface area contributed by atoms with Gasteiger partial charge in [0, 0.05) is 39.0 Å². The zero-order valence-corrected chi connectivity index (χ0v) is 10.5. The van der Waals surface area contributed by atoms with Crippen LogP contribution in [0.5, 0.6) is 0 Å². The van der Waals surface area contributed by atoms with Crippen LogP contribution in [0.3, 0.4) is 0 Å². The molecular formula is C13H25NO2. The number of rotatable bonds is 3. The van der Waals surface area contributed by atoms with Crippen LogP contribution in [0.2, 0.25) is 0 Å². The highest BCUT2D eigenvalue weighted by Crippen LogP contribution is 2.29. The van der Waals surface area contributed by atoms with Crippen molar-refractivity contribution in [2.45, 2.75) is 45.1 Å². The molecule has 2 saturated heterocycles. The van der Waals surface area contributed by atoms with Crippen LogP contribution in [0.25, 0.3) is 0 Å². The minimum Gasteiger partial charge on any atom is -0.381 e. The maximum Gasteiger partial charge on any atom is 0.0480 e. The summed E-state index contributed by atoms with van der Waals surface area (Å²) in [6.07, 6.45) is 6.04. The summed E-state index contributed by atoms with van der Waals surface area (Å²) in [5.41, 5.74) is 0.450. The van der Waals surface area contributed by atoms with Gasteiger partial charge in [0.2, 0.25) is 0 Å². The Morgan fingerprint density at radius 1 is 1.06 bits per heavy atom. The van der Waals surface area contributed by atoms with Crippen LogP contribution in [-0.2, 0) is 9.47 Å². The van der Waals surface area contributed by atoms with Crippen molar-refractivity contribution in [3.8, 4) is 0 Å². The van der Waals surface area contributed by atoms with E-state index in [0.717, 1.165) is 33.0 Å². The third kappa shape index (κ3) is 3.72. The Kier molecular flexibility index (Phi) is 4.62. The van der Waals surface area contributed by atoms with E-state index in [1.165, 1.54) is 32.1 Å². The highest BCUT2D eigenvalue weighted by atomic mass is 16.5. The molecule has 0 aromatic rings. The maximum absolute atomic E-state index is 5.48. The average molecular weight is 227 g/mol. The quantitative estimate of drug-likeness (QED) is 0.799. The molecule has 2 aliphatic heterocycles. The van der Waals surface area contributed by atoms with Gasteiger partial charge in [0.05, 0.1) is 0 Å². The molecule has 0 aliphatic carbocycles. The van der Waals surface area contributed by atoms with Crippen LogP contribution in [0.15, 0.2) is 0 Å². The molecule has 2 rings (SSSR count). The summed E-state index contributed by atoms with van der Waals surface area (Å²) in [5, 5.41) is 3.74. The summed E-state index contributed by atoms with van der Waals surface area (Å²) in [4.78, 5) is 0. The van der Waals surface area contributed by atoms with Crippen molar-refractivity contribution in [1.82, 2.24) is 5.32 Å². The first-order chi connectivity index (χ1) is 7.79. The third-order valence-corrected chi connectivity index (χ3v) is 3.97. The zero-order valence-electron chi connectivity index (χ0n) is 10.5. The molecule has 94 valence electrons. The lowest BCUT2D eigenvalue weighted by Crippen LogP contribution is -2.41. The summed E-state index contributed by atoms with van der Waals surface area (Å²) in [7, 11) is 0. The first kappa shape index (κ1) is 12.3. The fourth-order valence-electron chi connectivity index (χ4n) is 2.54. The molecule has 0 bridgehead atoms. The lowest BCUT2D eigenvalue weighted by Gasteiger charge is -2.35. The maximum atomic E-state index is 5.48. The van der Waals surface area contributed by atoms with Gasteiger partial charge in [0.25, 0.3) is 0 Å². The fraction of sp³-hybridized carbons (Fsp3) is 1.00. The molecule has 0 amide bonds. The molecule has 0 aromatic heterocycles. The molecule has 3 nitrogen and oxygen atoms in total. The summed E-state index contributed by atoms with van der Waals surface area (Å²) in [6.45, 7) is 7.27. The fourth-order valence-corrected chi connectivity index (χ4v) is 2.54. The van der Waals surface area contributed by atoms with Crippen molar-refractivity contribution < 1.29 is 9.47 Å². The molecule has 0 saturated carbocycles. The Labute approximate surface area is 98.9 Å². The smallest absolute Gasteiger partial charge is 0.0480 e. The summed E-state index contributed by atoms with van der Waals surface area (Å²) in [6, 6.07) is 0.669. The minimum absolute atomic E-state index is 0.450. The molecule has 1 unspecified atom stereocenters. The second kappa shape index (κ2) is 5.99. The normalized spacial score (nSPS) is 30.9. The SMILES string of the molecule is CC1(CNC2CCCOCC2)CCOCC1. The van der Waals surface area contributed by atoms with Gasteiger partial charge in [-0.3, -0.25) is 0 Å². The second-order valence-corrected chi connectivity index (χ2v) is 5.54. The van der Waals surface area contributed by atoms with Gasteiger partial charge >= 0.3 is 0 Å². The monoisotopic (exact) mass is 227 g/mol. The Balaban J connectivity index is 1.72. The van der Waals surface area contributed by atoms with Crippen LogP contribution >= 0.6 is 0 Å². The highest BCUT2D eigenvalue weighted by molar-refractivity contribution is 4.82. The van der Waals surface area contributed by atoms with Crippen molar-refractivity contribution >= 4 is 0 Å². The largest absolute Gasteiger partial charge is 0.381 e. The zero-order chi connectivity index (χ0) is 11.3. The molecular weight excluding hydrogens is 202 g/mol. The summed E-state index contributed by atoms with van der Waals surface area (Å²) >= 11 is 0. The molecule has 0 spiro atoms. The highest BCUT2D eigenvalue weighted by Gasteiger charge is 2.27. The van der Waals surface area contributed by atoms with E-state index < -0.39 is 0 Å². The number of ether oxygens (including phenoxy) is 2. The molecule has 16 heavy (non-hydrogen) atoms. The molecule has 1 N–H and O–H groups in total. The summed E-state index contributed by atoms with van der Waals surface area (Å²) in [5.74, 6) is 0. The van der Waals surface area contributed by atoms with Crippen molar-refractivity contribution in [3.05, 3.63) is 0 Å². The lowest BCUT2D eigenvalue weighted by atomic mass is 9.82. The van der Waals surface area contributed by atoms with Gasteiger partial charge < -0.3 is 14.8 Å². The average Bonchev–Trinajstić information content (AvgIpc) is 2.56. The van der Waals surface area contributed by atoms with E-state index >= 15 is 0 Å². The van der Waals surface area contributed by atoms with Gasteiger partial charge in [-0.15, -0.1) is 0 Å². The van der Waals surface area contributed by atoms with Gasteiger partial charge in [-0.25, -0.2) is 0 Å².